The number of sulfone groups is 1. The first-order chi connectivity index (χ1) is 16.3. The number of ether oxygens (including phenoxy) is 1. The Morgan fingerprint density at radius 1 is 1.29 bits per heavy atom. The number of amidine groups is 1. The molecular weight excluding hydrogens is 474 g/mol. The third kappa shape index (κ3) is 5.35. The molecule has 2 aromatic rings. The van der Waals surface area contributed by atoms with Crippen molar-refractivity contribution in [2.24, 2.45) is 10.7 Å². The van der Waals surface area contributed by atoms with Crippen molar-refractivity contribution in [1.29, 1.82) is 0 Å². The number of rotatable bonds is 6. The van der Waals surface area contributed by atoms with Gasteiger partial charge in [0.05, 0.1) is 18.1 Å². The van der Waals surface area contributed by atoms with E-state index in [0.717, 1.165) is 12.1 Å². The molecule has 1 aliphatic heterocycles. The predicted molar refractivity (Wildman–Crippen MR) is 132 cm³/mol. The van der Waals surface area contributed by atoms with Gasteiger partial charge in [0.1, 0.15) is 27.6 Å². The average Bonchev–Trinajstić information content (AvgIpc) is 2.79. The topological polar surface area (TPSA) is 108 Å². The van der Waals surface area contributed by atoms with Gasteiger partial charge >= 0.3 is 0 Å². The van der Waals surface area contributed by atoms with E-state index < -0.39 is 37.5 Å². The number of hydrogen-bond donors (Lipinski definition) is 1. The maximum Gasteiger partial charge on any atom is 0.233 e. The van der Waals surface area contributed by atoms with E-state index in [4.69, 9.17) is 10.5 Å². The summed E-state index contributed by atoms with van der Waals surface area (Å²) in [4.78, 5) is 12.5. The number of benzene rings is 1. The zero-order valence-electron chi connectivity index (χ0n) is 20.3. The van der Waals surface area contributed by atoms with Crippen LogP contribution in [0.4, 0.5) is 8.78 Å². The maximum atomic E-state index is 14.9. The van der Waals surface area contributed by atoms with Gasteiger partial charge in [-0.3, -0.25) is 4.99 Å². The van der Waals surface area contributed by atoms with Crippen LogP contribution in [0.5, 0.6) is 5.88 Å². The van der Waals surface area contributed by atoms with E-state index in [0.29, 0.717) is 12.0 Å². The SMILES string of the molecule is CC#CC(CC)Oc1cnc(/C(F)=C/c2ccc(F)c(C3(C)CS(=O)(=O)C(C)(C)C(N)=N3)c2)cn1. The average molecular weight is 503 g/mol. The summed E-state index contributed by atoms with van der Waals surface area (Å²) in [7, 11) is -3.73. The van der Waals surface area contributed by atoms with Crippen molar-refractivity contribution < 1.29 is 21.9 Å². The van der Waals surface area contributed by atoms with Crippen LogP contribution in [0.2, 0.25) is 0 Å². The summed E-state index contributed by atoms with van der Waals surface area (Å²) < 4.78 is 59.6. The summed E-state index contributed by atoms with van der Waals surface area (Å²) in [6.45, 7) is 8.04. The third-order valence-electron chi connectivity index (χ3n) is 5.91. The van der Waals surface area contributed by atoms with Crippen molar-refractivity contribution >= 4 is 27.6 Å². The lowest BCUT2D eigenvalue weighted by Crippen LogP contribution is -2.55. The Morgan fingerprint density at radius 2 is 2.00 bits per heavy atom. The highest BCUT2D eigenvalue weighted by Gasteiger charge is 2.49. The summed E-state index contributed by atoms with van der Waals surface area (Å²) in [5.41, 5.74) is 4.74. The van der Waals surface area contributed by atoms with E-state index in [1.54, 1.807) is 6.92 Å². The first-order valence-electron chi connectivity index (χ1n) is 11.0. The molecule has 186 valence electrons. The fourth-order valence-corrected chi connectivity index (χ4v) is 5.25. The molecule has 1 aromatic heterocycles. The minimum absolute atomic E-state index is 0.00134. The lowest BCUT2D eigenvalue weighted by atomic mass is 9.91. The molecule has 0 bridgehead atoms. The molecule has 7 nitrogen and oxygen atoms in total. The molecule has 1 aromatic carbocycles. The predicted octanol–water partition coefficient (Wildman–Crippen LogP) is 4.04. The zero-order chi connectivity index (χ0) is 26.0. The molecule has 0 aliphatic carbocycles. The molecule has 1 aliphatic rings. The van der Waals surface area contributed by atoms with Gasteiger partial charge in [0.25, 0.3) is 0 Å². The Morgan fingerprint density at radius 3 is 2.57 bits per heavy atom. The smallest absolute Gasteiger partial charge is 0.233 e. The van der Waals surface area contributed by atoms with Gasteiger partial charge < -0.3 is 10.5 Å². The van der Waals surface area contributed by atoms with E-state index in [9.17, 15) is 17.2 Å². The van der Waals surface area contributed by atoms with Gasteiger partial charge in [0, 0.05) is 5.56 Å². The van der Waals surface area contributed by atoms with E-state index in [1.807, 2.05) is 6.92 Å². The minimum atomic E-state index is -3.73. The van der Waals surface area contributed by atoms with Gasteiger partial charge in [-0.1, -0.05) is 18.9 Å². The van der Waals surface area contributed by atoms with E-state index in [1.165, 1.54) is 45.3 Å². The van der Waals surface area contributed by atoms with Gasteiger partial charge in [-0.2, -0.15) is 0 Å². The Hall–Kier alpha value is -3.32. The lowest BCUT2D eigenvalue weighted by molar-refractivity contribution is 0.243. The lowest BCUT2D eigenvalue weighted by Gasteiger charge is -2.38. The van der Waals surface area contributed by atoms with Crippen LogP contribution in [-0.2, 0) is 15.4 Å². The molecular formula is C25H28F2N4O3S. The van der Waals surface area contributed by atoms with Gasteiger partial charge in [-0.25, -0.2) is 27.2 Å². The molecule has 0 saturated heterocycles. The van der Waals surface area contributed by atoms with Crippen LogP contribution in [0.15, 0.2) is 35.6 Å². The van der Waals surface area contributed by atoms with Crippen LogP contribution in [0, 0.1) is 17.7 Å². The maximum absolute atomic E-state index is 14.9. The standard InChI is InChI=1S/C25H28F2N4O3S/c1-6-8-17(7-2)34-22-14-29-21(13-30-22)20(27)12-16-9-10-19(26)18(11-16)25(5)15-35(32,33)24(3,4)23(28)31-25/h9-14,17H,7,15H2,1-5H3,(H2,28,31)/b20-12-. The molecule has 0 amide bonds. The molecule has 2 N–H and O–H groups in total. The summed E-state index contributed by atoms with van der Waals surface area (Å²) in [5, 5.41) is 0. The normalized spacial score (nSPS) is 21.9. The number of hydrogen-bond acceptors (Lipinski definition) is 7. The third-order valence-corrected chi connectivity index (χ3v) is 8.61. The van der Waals surface area contributed by atoms with Crippen LogP contribution in [0.3, 0.4) is 0 Å². The molecule has 2 heterocycles. The molecule has 3 rings (SSSR count). The highest BCUT2D eigenvalue weighted by molar-refractivity contribution is 7.93. The van der Waals surface area contributed by atoms with E-state index in [2.05, 4.69) is 26.8 Å². The van der Waals surface area contributed by atoms with Gasteiger partial charge in [-0.15, -0.1) is 5.92 Å². The van der Waals surface area contributed by atoms with Crippen molar-refractivity contribution in [3.05, 3.63) is 53.2 Å². The Labute approximate surface area is 204 Å². The fourth-order valence-electron chi connectivity index (χ4n) is 3.57. The first kappa shape index (κ1) is 26.3. The largest absolute Gasteiger partial charge is 0.460 e. The van der Waals surface area contributed by atoms with Crippen LogP contribution >= 0.6 is 0 Å². The van der Waals surface area contributed by atoms with Crippen molar-refractivity contribution in [2.75, 3.05) is 5.75 Å². The van der Waals surface area contributed by atoms with E-state index >= 15 is 0 Å². The van der Waals surface area contributed by atoms with Crippen molar-refractivity contribution in [2.45, 2.75) is 57.4 Å². The summed E-state index contributed by atoms with van der Waals surface area (Å²) in [6, 6.07) is 3.87. The van der Waals surface area contributed by atoms with Crippen LogP contribution in [-0.4, -0.2) is 40.8 Å². The molecule has 0 radical (unpaired) electrons. The van der Waals surface area contributed by atoms with Crippen LogP contribution in [0.1, 0.15) is 57.9 Å². The van der Waals surface area contributed by atoms with Crippen LogP contribution < -0.4 is 10.5 Å². The zero-order valence-corrected chi connectivity index (χ0v) is 21.1. The van der Waals surface area contributed by atoms with Crippen LogP contribution in [0.25, 0.3) is 11.9 Å². The Kier molecular flexibility index (Phi) is 7.31. The van der Waals surface area contributed by atoms with Crippen molar-refractivity contribution in [3.8, 4) is 17.7 Å². The number of aromatic nitrogens is 2. The minimum Gasteiger partial charge on any atom is -0.460 e. The highest BCUT2D eigenvalue weighted by atomic mass is 32.2. The van der Waals surface area contributed by atoms with Gasteiger partial charge in [0.15, 0.2) is 21.8 Å². The Bertz CT molecular complexity index is 1340. The molecule has 10 heteroatoms. The number of halogens is 2. The molecule has 2 atom stereocenters. The second-order valence-corrected chi connectivity index (χ2v) is 11.5. The van der Waals surface area contributed by atoms with Gasteiger partial charge in [0.2, 0.25) is 5.88 Å². The Balaban J connectivity index is 1.92. The quantitative estimate of drug-likeness (QED) is 0.598. The molecule has 0 spiro atoms. The summed E-state index contributed by atoms with van der Waals surface area (Å²) in [6.07, 6.45) is 3.98. The summed E-state index contributed by atoms with van der Waals surface area (Å²) in [5.74, 6) is 3.95. The van der Waals surface area contributed by atoms with E-state index in [-0.39, 0.29) is 29.1 Å². The molecule has 35 heavy (non-hydrogen) atoms. The van der Waals surface area contributed by atoms with Gasteiger partial charge in [-0.05, 0) is 57.9 Å². The highest BCUT2D eigenvalue weighted by Crippen LogP contribution is 2.38. The molecule has 2 unspecified atom stereocenters. The number of nitrogens with zero attached hydrogens (tertiary/aromatic N) is 3. The van der Waals surface area contributed by atoms with Crippen molar-refractivity contribution in [3.63, 3.8) is 0 Å². The fraction of sp³-hybridized carbons (Fsp3) is 0.400. The number of aliphatic imine (C=N–C) groups is 1. The first-order valence-corrected chi connectivity index (χ1v) is 12.6. The van der Waals surface area contributed by atoms with Crippen molar-refractivity contribution in [1.82, 2.24) is 9.97 Å². The second kappa shape index (κ2) is 9.74. The second-order valence-electron chi connectivity index (χ2n) is 8.92. The summed E-state index contributed by atoms with van der Waals surface area (Å²) >= 11 is 0. The molecule has 0 saturated carbocycles. The monoisotopic (exact) mass is 502 g/mol. The number of nitrogens with two attached hydrogens (primary N) is 1. The molecule has 0 fully saturated rings.